The molecule has 2 heterocycles. The number of aromatic amines is 1. The van der Waals surface area contributed by atoms with Crippen molar-refractivity contribution in [3.63, 3.8) is 0 Å². The van der Waals surface area contributed by atoms with Crippen LogP contribution in [0.25, 0.3) is 28.2 Å². The van der Waals surface area contributed by atoms with E-state index in [1.807, 2.05) is 79.0 Å². The van der Waals surface area contributed by atoms with Gasteiger partial charge in [0, 0.05) is 52.3 Å². The molecule has 224 valence electrons. The molecular weight excluding hydrogens is 598 g/mol. The van der Waals surface area contributed by atoms with Gasteiger partial charge in [-0.3, -0.25) is 9.59 Å². The second-order valence-electron chi connectivity index (χ2n) is 10.3. The highest BCUT2D eigenvalue weighted by atomic mass is 35.5. The van der Waals surface area contributed by atoms with Crippen molar-refractivity contribution in [3.05, 3.63) is 137 Å². The molecule has 0 saturated carbocycles. The molecule has 3 N–H and O–H groups in total. The number of aromatic nitrogens is 3. The smallest absolute Gasteiger partial charge is 0.266 e. The van der Waals surface area contributed by atoms with E-state index < -0.39 is 5.91 Å². The van der Waals surface area contributed by atoms with Crippen LogP contribution in [0.3, 0.4) is 0 Å². The summed E-state index contributed by atoms with van der Waals surface area (Å²) < 4.78 is 0. The summed E-state index contributed by atoms with van der Waals surface area (Å²) in [6.07, 6.45) is 4.95. The van der Waals surface area contributed by atoms with Gasteiger partial charge in [0.2, 0.25) is 5.95 Å². The molecule has 2 amide bonds. The molecular formula is C36H26ClN7O2. The predicted molar refractivity (Wildman–Crippen MR) is 182 cm³/mol. The first-order valence-electron chi connectivity index (χ1n) is 14.2. The molecule has 0 spiro atoms. The quantitative estimate of drug-likeness (QED) is 0.117. The lowest BCUT2D eigenvalue weighted by Crippen LogP contribution is -2.26. The van der Waals surface area contributed by atoms with E-state index in [1.54, 1.807) is 49.6 Å². The molecule has 0 fully saturated rings. The summed E-state index contributed by atoms with van der Waals surface area (Å²) >= 11 is 6.49. The Hall–Kier alpha value is -6.24. The molecule has 9 nitrogen and oxygen atoms in total. The summed E-state index contributed by atoms with van der Waals surface area (Å²) in [5.74, 6) is -0.433. The number of anilines is 4. The Morgan fingerprint density at radius 3 is 2.48 bits per heavy atom. The van der Waals surface area contributed by atoms with Gasteiger partial charge < -0.3 is 20.5 Å². The number of carbonyl (C=O) groups excluding carboxylic acids is 2. The van der Waals surface area contributed by atoms with Gasteiger partial charge in [-0.25, -0.2) is 9.97 Å². The Labute approximate surface area is 269 Å². The van der Waals surface area contributed by atoms with Crippen molar-refractivity contribution < 1.29 is 9.59 Å². The Kier molecular flexibility index (Phi) is 8.54. The number of hydrogen-bond acceptors (Lipinski definition) is 6. The molecule has 0 aliphatic heterocycles. The van der Waals surface area contributed by atoms with E-state index >= 15 is 0 Å². The van der Waals surface area contributed by atoms with Crippen LogP contribution in [0.5, 0.6) is 0 Å². The fourth-order valence-corrected chi connectivity index (χ4v) is 5.07. The summed E-state index contributed by atoms with van der Waals surface area (Å²) in [4.78, 5) is 39.8. The molecule has 0 aliphatic rings. The molecule has 0 unspecified atom stereocenters. The lowest BCUT2D eigenvalue weighted by atomic mass is 10.1. The van der Waals surface area contributed by atoms with E-state index in [1.165, 1.54) is 11.0 Å². The molecule has 4 aromatic carbocycles. The number of benzene rings is 4. The van der Waals surface area contributed by atoms with E-state index in [4.69, 9.17) is 11.6 Å². The third-order valence-electron chi connectivity index (χ3n) is 7.25. The van der Waals surface area contributed by atoms with Crippen LogP contribution in [0.4, 0.5) is 23.0 Å². The Bertz CT molecular complexity index is 2130. The Morgan fingerprint density at radius 1 is 0.935 bits per heavy atom. The minimum Gasteiger partial charge on any atom is -0.360 e. The first-order valence-corrected chi connectivity index (χ1v) is 14.6. The number of fused-ring (bicyclic) bond motifs is 1. The minimum absolute atomic E-state index is 0.0298. The van der Waals surface area contributed by atoms with Gasteiger partial charge in [-0.1, -0.05) is 66.2 Å². The van der Waals surface area contributed by atoms with Crippen LogP contribution in [0.2, 0.25) is 5.02 Å². The standard InChI is InChI=1S/C36H26ClN7O2/c1-44(35(46)24-14-16-26(17-15-24)41-34(45)25(20-38)18-23-8-3-2-4-9-23)28-11-7-10-27(19-28)42-36-40-22-31(37)33(43-36)30-21-39-32-13-6-5-12-29(30)32/h2-19,21-22,39H,1H3,(H,41,45)(H,40,42,43)/b25-18-. The van der Waals surface area contributed by atoms with Crippen LogP contribution >= 0.6 is 11.6 Å². The molecule has 46 heavy (non-hydrogen) atoms. The van der Waals surface area contributed by atoms with Gasteiger partial charge in [0.05, 0.1) is 16.9 Å². The van der Waals surface area contributed by atoms with Crippen molar-refractivity contribution in [3.8, 4) is 17.3 Å². The van der Waals surface area contributed by atoms with E-state index in [0.29, 0.717) is 39.3 Å². The van der Waals surface area contributed by atoms with Crippen molar-refractivity contribution in [2.45, 2.75) is 0 Å². The van der Waals surface area contributed by atoms with E-state index in [2.05, 4.69) is 25.6 Å². The number of halogens is 1. The molecule has 0 aliphatic carbocycles. The zero-order valence-corrected chi connectivity index (χ0v) is 25.3. The fraction of sp³-hybridized carbons (Fsp3) is 0.0278. The molecule has 10 heteroatoms. The summed E-state index contributed by atoms with van der Waals surface area (Å²) in [5, 5.41) is 16.8. The maximum absolute atomic E-state index is 13.4. The highest BCUT2D eigenvalue weighted by molar-refractivity contribution is 6.33. The second-order valence-corrected chi connectivity index (χ2v) is 10.7. The summed E-state index contributed by atoms with van der Waals surface area (Å²) in [6.45, 7) is 0. The average molecular weight is 624 g/mol. The lowest BCUT2D eigenvalue weighted by Gasteiger charge is -2.19. The van der Waals surface area contributed by atoms with Crippen molar-refractivity contribution in [1.82, 2.24) is 15.0 Å². The normalized spacial score (nSPS) is 11.1. The molecule has 2 aromatic heterocycles. The monoisotopic (exact) mass is 623 g/mol. The second kappa shape index (κ2) is 13.2. The zero-order chi connectivity index (χ0) is 32.0. The molecule has 6 aromatic rings. The number of rotatable bonds is 8. The summed E-state index contributed by atoms with van der Waals surface area (Å²) in [7, 11) is 1.68. The maximum atomic E-state index is 13.4. The Balaban J connectivity index is 1.14. The van der Waals surface area contributed by atoms with Gasteiger partial charge in [-0.2, -0.15) is 5.26 Å². The summed E-state index contributed by atoms with van der Waals surface area (Å²) in [5.41, 5.74) is 5.35. The number of nitrogens with zero attached hydrogens (tertiary/aromatic N) is 4. The number of nitrogens with one attached hydrogen (secondary N) is 3. The molecule has 6 rings (SSSR count). The maximum Gasteiger partial charge on any atom is 0.266 e. The third kappa shape index (κ3) is 6.48. The zero-order valence-electron chi connectivity index (χ0n) is 24.5. The van der Waals surface area contributed by atoms with Gasteiger partial charge in [0.1, 0.15) is 11.6 Å². The van der Waals surface area contributed by atoms with Crippen molar-refractivity contribution in [2.24, 2.45) is 0 Å². The Morgan fingerprint density at radius 2 is 1.70 bits per heavy atom. The van der Waals surface area contributed by atoms with Gasteiger partial charge in [0.25, 0.3) is 11.8 Å². The number of nitriles is 1. The largest absolute Gasteiger partial charge is 0.360 e. The van der Waals surface area contributed by atoms with Gasteiger partial charge in [-0.15, -0.1) is 0 Å². The van der Waals surface area contributed by atoms with Crippen LogP contribution in [0, 0.1) is 11.3 Å². The first kappa shape index (κ1) is 29.8. The van der Waals surface area contributed by atoms with Gasteiger partial charge in [0.15, 0.2) is 0 Å². The number of hydrogen-bond donors (Lipinski definition) is 3. The van der Waals surface area contributed by atoms with Crippen LogP contribution in [0.1, 0.15) is 15.9 Å². The highest BCUT2D eigenvalue weighted by Gasteiger charge is 2.17. The number of amides is 2. The van der Waals surface area contributed by atoms with E-state index in [0.717, 1.165) is 22.0 Å². The topological polar surface area (TPSA) is 127 Å². The SMILES string of the molecule is CN(C(=O)c1ccc(NC(=O)/C(C#N)=C\c2ccccc2)cc1)c1cccc(Nc2ncc(Cl)c(-c3c[nH]c4ccccc34)n2)c1. The molecule has 0 bridgehead atoms. The third-order valence-corrected chi connectivity index (χ3v) is 7.52. The van der Waals surface area contributed by atoms with Gasteiger partial charge in [-0.05, 0) is 60.2 Å². The molecule has 0 atom stereocenters. The molecule has 0 radical (unpaired) electrons. The van der Waals surface area contributed by atoms with Crippen molar-refractivity contribution in [2.75, 3.05) is 22.6 Å². The van der Waals surface area contributed by atoms with Crippen LogP contribution in [-0.4, -0.2) is 33.8 Å². The number of H-pyrrole nitrogens is 1. The van der Waals surface area contributed by atoms with E-state index in [-0.39, 0.29) is 11.5 Å². The minimum atomic E-state index is -0.537. The van der Waals surface area contributed by atoms with Gasteiger partial charge >= 0.3 is 0 Å². The van der Waals surface area contributed by atoms with Crippen LogP contribution in [-0.2, 0) is 4.79 Å². The van der Waals surface area contributed by atoms with Crippen LogP contribution < -0.4 is 15.5 Å². The number of para-hydroxylation sites is 1. The lowest BCUT2D eigenvalue weighted by molar-refractivity contribution is -0.112. The molecule has 0 saturated heterocycles. The summed E-state index contributed by atoms with van der Waals surface area (Å²) in [6, 6.07) is 32.8. The predicted octanol–water partition coefficient (Wildman–Crippen LogP) is 7.84. The van der Waals surface area contributed by atoms with Crippen molar-refractivity contribution in [1.29, 1.82) is 5.26 Å². The fourth-order valence-electron chi connectivity index (χ4n) is 4.88. The average Bonchev–Trinajstić information content (AvgIpc) is 3.52. The van der Waals surface area contributed by atoms with E-state index in [9.17, 15) is 14.9 Å². The first-order chi connectivity index (χ1) is 22.4. The number of carbonyl (C=O) groups is 2. The van der Waals surface area contributed by atoms with Crippen LogP contribution in [0.15, 0.2) is 121 Å². The van der Waals surface area contributed by atoms with Crippen molar-refractivity contribution >= 4 is 63.4 Å². The highest BCUT2D eigenvalue weighted by Crippen LogP contribution is 2.33.